The van der Waals surface area contributed by atoms with Crippen molar-refractivity contribution in [1.29, 1.82) is 0 Å². The van der Waals surface area contributed by atoms with Crippen molar-refractivity contribution in [3.8, 4) is 0 Å². The summed E-state index contributed by atoms with van der Waals surface area (Å²) in [5.41, 5.74) is 2.19. The third-order valence-corrected chi connectivity index (χ3v) is 1.99. The maximum Gasteiger partial charge on any atom is 0.508 e. The van der Waals surface area contributed by atoms with Gasteiger partial charge in [-0.1, -0.05) is 30.3 Å². The van der Waals surface area contributed by atoms with Crippen molar-refractivity contribution in [1.82, 2.24) is 0 Å². The molecule has 0 amide bonds. The molecule has 0 bridgehead atoms. The number of hydrogen-bond donors (Lipinski definition) is 0. The SMILES string of the molecule is COC(=O)OC/C=C(\C)c1ccccc1. The first kappa shape index (κ1) is 11.3. The zero-order chi connectivity index (χ0) is 11.1. The van der Waals surface area contributed by atoms with Crippen LogP contribution in [0.15, 0.2) is 36.4 Å². The second-order valence-corrected chi connectivity index (χ2v) is 3.02. The maximum absolute atomic E-state index is 10.7. The summed E-state index contributed by atoms with van der Waals surface area (Å²) in [5, 5.41) is 0. The Hall–Kier alpha value is -1.77. The Bertz CT molecular complexity index is 341. The van der Waals surface area contributed by atoms with Crippen molar-refractivity contribution >= 4 is 11.7 Å². The van der Waals surface area contributed by atoms with Gasteiger partial charge in [-0.05, 0) is 24.1 Å². The molecule has 0 fully saturated rings. The van der Waals surface area contributed by atoms with Crippen molar-refractivity contribution < 1.29 is 14.3 Å². The Morgan fingerprint density at radius 1 is 1.33 bits per heavy atom. The molecule has 0 atom stereocenters. The largest absolute Gasteiger partial charge is 0.508 e. The van der Waals surface area contributed by atoms with Crippen LogP contribution in [0.5, 0.6) is 0 Å². The van der Waals surface area contributed by atoms with Gasteiger partial charge in [-0.15, -0.1) is 0 Å². The number of carbonyl (C=O) groups is 1. The summed E-state index contributed by atoms with van der Waals surface area (Å²) in [7, 11) is 1.29. The first-order valence-corrected chi connectivity index (χ1v) is 4.67. The van der Waals surface area contributed by atoms with Gasteiger partial charge in [0.15, 0.2) is 0 Å². The molecule has 0 aliphatic carbocycles. The molecule has 0 spiro atoms. The highest BCUT2D eigenvalue weighted by Crippen LogP contribution is 2.12. The number of benzene rings is 1. The minimum Gasteiger partial charge on any atom is -0.438 e. The van der Waals surface area contributed by atoms with Crippen LogP contribution < -0.4 is 0 Å². The first-order chi connectivity index (χ1) is 7.24. The van der Waals surface area contributed by atoms with Gasteiger partial charge in [-0.25, -0.2) is 4.79 Å². The molecule has 0 N–H and O–H groups in total. The zero-order valence-electron chi connectivity index (χ0n) is 8.90. The van der Waals surface area contributed by atoms with Gasteiger partial charge < -0.3 is 9.47 Å². The van der Waals surface area contributed by atoms with E-state index in [4.69, 9.17) is 4.74 Å². The van der Waals surface area contributed by atoms with E-state index in [2.05, 4.69) is 4.74 Å². The molecule has 1 rings (SSSR count). The highest BCUT2D eigenvalue weighted by molar-refractivity contribution is 5.64. The van der Waals surface area contributed by atoms with Gasteiger partial charge in [-0.3, -0.25) is 0 Å². The number of allylic oxidation sites excluding steroid dienone is 1. The van der Waals surface area contributed by atoms with Gasteiger partial charge in [0.05, 0.1) is 7.11 Å². The molecule has 15 heavy (non-hydrogen) atoms. The number of methoxy groups -OCH3 is 1. The summed E-state index contributed by atoms with van der Waals surface area (Å²) in [6, 6.07) is 9.90. The summed E-state index contributed by atoms with van der Waals surface area (Å²) >= 11 is 0. The van der Waals surface area contributed by atoms with E-state index in [1.54, 1.807) is 0 Å². The molecule has 1 aromatic rings. The summed E-state index contributed by atoms with van der Waals surface area (Å²) in [6.07, 6.45) is 1.18. The fourth-order valence-electron chi connectivity index (χ4n) is 1.11. The van der Waals surface area contributed by atoms with Crippen LogP contribution in [0.3, 0.4) is 0 Å². The molecule has 1 aromatic carbocycles. The lowest BCUT2D eigenvalue weighted by Crippen LogP contribution is -2.03. The standard InChI is InChI=1S/C12H14O3/c1-10(8-9-15-12(13)14-2)11-6-4-3-5-7-11/h3-8H,9H2,1-2H3/b10-8+. The van der Waals surface area contributed by atoms with Crippen LogP contribution in [0.25, 0.3) is 5.57 Å². The molecular formula is C12H14O3. The van der Waals surface area contributed by atoms with Crippen molar-refractivity contribution in [2.45, 2.75) is 6.92 Å². The van der Waals surface area contributed by atoms with Crippen molar-refractivity contribution in [2.24, 2.45) is 0 Å². The van der Waals surface area contributed by atoms with Crippen LogP contribution in [0.1, 0.15) is 12.5 Å². The lowest BCUT2D eigenvalue weighted by atomic mass is 10.1. The second kappa shape index (κ2) is 5.86. The van der Waals surface area contributed by atoms with E-state index in [0.717, 1.165) is 11.1 Å². The van der Waals surface area contributed by atoms with Gasteiger partial charge in [-0.2, -0.15) is 0 Å². The zero-order valence-corrected chi connectivity index (χ0v) is 8.90. The molecule has 0 aliphatic rings. The van der Waals surface area contributed by atoms with Crippen LogP contribution >= 0.6 is 0 Å². The lowest BCUT2D eigenvalue weighted by molar-refractivity contribution is 0.0819. The predicted octanol–water partition coefficient (Wildman–Crippen LogP) is 2.87. The first-order valence-electron chi connectivity index (χ1n) is 4.67. The van der Waals surface area contributed by atoms with Gasteiger partial charge in [0.1, 0.15) is 6.61 Å². The Balaban J connectivity index is 2.50. The Morgan fingerprint density at radius 3 is 2.60 bits per heavy atom. The minimum atomic E-state index is -0.660. The number of ether oxygens (including phenoxy) is 2. The Labute approximate surface area is 89.3 Å². The van der Waals surface area contributed by atoms with E-state index < -0.39 is 6.16 Å². The van der Waals surface area contributed by atoms with Crippen LogP contribution in [-0.4, -0.2) is 19.9 Å². The fourth-order valence-corrected chi connectivity index (χ4v) is 1.11. The molecule has 0 saturated heterocycles. The van der Waals surface area contributed by atoms with Crippen molar-refractivity contribution in [2.75, 3.05) is 13.7 Å². The lowest BCUT2D eigenvalue weighted by Gasteiger charge is -2.02. The normalized spacial score (nSPS) is 10.9. The molecule has 0 aliphatic heterocycles. The van der Waals surface area contributed by atoms with Gasteiger partial charge in [0.25, 0.3) is 0 Å². The molecule has 0 unspecified atom stereocenters. The monoisotopic (exact) mass is 206 g/mol. The number of carbonyl (C=O) groups excluding carboxylic acids is 1. The van der Waals surface area contributed by atoms with E-state index in [9.17, 15) is 4.79 Å². The average Bonchev–Trinajstić information content (AvgIpc) is 2.29. The third kappa shape index (κ3) is 3.85. The van der Waals surface area contributed by atoms with E-state index in [1.807, 2.05) is 43.3 Å². The van der Waals surface area contributed by atoms with Crippen molar-refractivity contribution in [3.63, 3.8) is 0 Å². The maximum atomic E-state index is 10.7. The molecular weight excluding hydrogens is 192 g/mol. The Kier molecular flexibility index (Phi) is 4.41. The quantitative estimate of drug-likeness (QED) is 0.713. The molecule has 3 heteroatoms. The van der Waals surface area contributed by atoms with E-state index in [0.29, 0.717) is 0 Å². The molecule has 0 heterocycles. The van der Waals surface area contributed by atoms with Gasteiger partial charge in [0, 0.05) is 0 Å². The average molecular weight is 206 g/mol. The summed E-state index contributed by atoms with van der Waals surface area (Å²) in [4.78, 5) is 10.7. The number of rotatable bonds is 3. The Morgan fingerprint density at radius 2 is 2.00 bits per heavy atom. The van der Waals surface area contributed by atoms with E-state index in [1.165, 1.54) is 7.11 Å². The van der Waals surface area contributed by atoms with E-state index >= 15 is 0 Å². The number of hydrogen-bond acceptors (Lipinski definition) is 3. The fraction of sp³-hybridized carbons (Fsp3) is 0.250. The van der Waals surface area contributed by atoms with Crippen LogP contribution in [-0.2, 0) is 9.47 Å². The molecule has 80 valence electrons. The van der Waals surface area contributed by atoms with Crippen LogP contribution in [0.4, 0.5) is 4.79 Å². The second-order valence-electron chi connectivity index (χ2n) is 3.02. The van der Waals surface area contributed by atoms with Crippen molar-refractivity contribution in [3.05, 3.63) is 42.0 Å². The highest BCUT2D eigenvalue weighted by Gasteiger charge is 1.98. The molecule has 0 aromatic heterocycles. The topological polar surface area (TPSA) is 35.5 Å². The van der Waals surface area contributed by atoms with Gasteiger partial charge >= 0.3 is 6.16 Å². The smallest absolute Gasteiger partial charge is 0.438 e. The van der Waals surface area contributed by atoms with Gasteiger partial charge in [0.2, 0.25) is 0 Å². The van der Waals surface area contributed by atoms with Crippen LogP contribution in [0, 0.1) is 0 Å². The summed E-state index contributed by atoms with van der Waals surface area (Å²) < 4.78 is 9.09. The molecule has 0 saturated carbocycles. The summed E-state index contributed by atoms with van der Waals surface area (Å²) in [6.45, 7) is 2.20. The van der Waals surface area contributed by atoms with Crippen LogP contribution in [0.2, 0.25) is 0 Å². The third-order valence-electron chi connectivity index (χ3n) is 1.99. The van der Waals surface area contributed by atoms with E-state index in [-0.39, 0.29) is 6.61 Å². The summed E-state index contributed by atoms with van der Waals surface area (Å²) in [5.74, 6) is 0. The predicted molar refractivity (Wildman–Crippen MR) is 58.5 cm³/mol. The molecule has 3 nitrogen and oxygen atoms in total. The highest BCUT2D eigenvalue weighted by atomic mass is 16.7. The minimum absolute atomic E-state index is 0.230. The molecule has 0 radical (unpaired) electrons.